The molecule has 27 heavy (non-hydrogen) atoms. The van der Waals surface area contributed by atoms with Gasteiger partial charge in [-0.25, -0.2) is 0 Å². The molecule has 1 heterocycles. The number of benzene rings is 2. The number of nitrogens with one attached hydrogen (secondary N) is 1. The fraction of sp³-hybridized carbons (Fsp3) is 0.217. The van der Waals surface area contributed by atoms with Crippen molar-refractivity contribution in [2.24, 2.45) is 0 Å². The van der Waals surface area contributed by atoms with Gasteiger partial charge < -0.3 is 10.2 Å². The molecule has 0 aliphatic carbocycles. The van der Waals surface area contributed by atoms with Crippen molar-refractivity contribution in [2.75, 3.05) is 25.0 Å². The summed E-state index contributed by atoms with van der Waals surface area (Å²) in [5.41, 5.74) is 4.99. The standard InChI is InChI=1S/C23H25N3O/c1-18-9-11-19(12-10-18)20-15-21(17-24-16-20)23(27)25-13-6-14-26(2)22-7-4-3-5-8-22/h3-5,7-12,15-17H,6,13-14H2,1-2H3,(H,25,27). The van der Waals surface area contributed by atoms with Gasteiger partial charge in [-0.15, -0.1) is 0 Å². The van der Waals surface area contributed by atoms with Crippen LogP contribution in [0.3, 0.4) is 0 Å². The van der Waals surface area contributed by atoms with Gasteiger partial charge in [0, 0.05) is 43.8 Å². The summed E-state index contributed by atoms with van der Waals surface area (Å²) in [6.07, 6.45) is 4.28. The zero-order valence-corrected chi connectivity index (χ0v) is 15.9. The third kappa shape index (κ3) is 5.17. The molecular weight excluding hydrogens is 334 g/mol. The Bertz CT molecular complexity index is 876. The first-order chi connectivity index (χ1) is 13.1. The van der Waals surface area contributed by atoms with Crippen LogP contribution in [0.5, 0.6) is 0 Å². The average Bonchev–Trinajstić information content (AvgIpc) is 2.72. The lowest BCUT2D eigenvalue weighted by Crippen LogP contribution is -2.28. The summed E-state index contributed by atoms with van der Waals surface area (Å²) in [6, 6.07) is 20.3. The minimum atomic E-state index is -0.0844. The van der Waals surface area contributed by atoms with Crippen molar-refractivity contribution in [3.63, 3.8) is 0 Å². The largest absolute Gasteiger partial charge is 0.375 e. The predicted octanol–water partition coefficient (Wildman–Crippen LogP) is 4.31. The normalized spacial score (nSPS) is 10.4. The van der Waals surface area contributed by atoms with Crippen LogP contribution in [0.1, 0.15) is 22.3 Å². The fourth-order valence-corrected chi connectivity index (χ4v) is 2.90. The number of carbonyl (C=O) groups excluding carboxylic acids is 1. The Labute approximate surface area is 160 Å². The molecule has 2 aromatic carbocycles. The number of hydrogen-bond acceptors (Lipinski definition) is 3. The molecule has 4 nitrogen and oxygen atoms in total. The summed E-state index contributed by atoms with van der Waals surface area (Å²) >= 11 is 0. The van der Waals surface area contributed by atoms with Gasteiger partial charge >= 0.3 is 0 Å². The Morgan fingerprint density at radius 1 is 1.00 bits per heavy atom. The minimum absolute atomic E-state index is 0.0844. The zero-order valence-electron chi connectivity index (χ0n) is 15.9. The van der Waals surface area contributed by atoms with Crippen LogP contribution in [0.4, 0.5) is 5.69 Å². The van der Waals surface area contributed by atoms with E-state index in [1.54, 1.807) is 12.4 Å². The zero-order chi connectivity index (χ0) is 19.1. The molecule has 138 valence electrons. The average molecular weight is 359 g/mol. The van der Waals surface area contributed by atoms with Gasteiger partial charge in [0.05, 0.1) is 5.56 Å². The Morgan fingerprint density at radius 2 is 1.74 bits per heavy atom. The van der Waals surface area contributed by atoms with E-state index in [1.165, 1.54) is 11.3 Å². The van der Waals surface area contributed by atoms with Crippen molar-refractivity contribution in [3.8, 4) is 11.1 Å². The van der Waals surface area contributed by atoms with E-state index in [1.807, 2.05) is 36.4 Å². The summed E-state index contributed by atoms with van der Waals surface area (Å²) in [7, 11) is 2.06. The van der Waals surface area contributed by atoms with Gasteiger partial charge in [0.25, 0.3) is 5.91 Å². The molecular formula is C23H25N3O. The molecule has 0 fully saturated rings. The minimum Gasteiger partial charge on any atom is -0.375 e. The molecule has 1 aromatic heterocycles. The molecule has 0 spiro atoms. The molecule has 1 amide bonds. The van der Waals surface area contributed by atoms with Gasteiger partial charge in [0.1, 0.15) is 0 Å². The van der Waals surface area contributed by atoms with Crippen molar-refractivity contribution in [3.05, 3.63) is 84.2 Å². The molecule has 0 saturated heterocycles. The highest BCUT2D eigenvalue weighted by atomic mass is 16.1. The molecule has 0 radical (unpaired) electrons. The molecule has 0 aliphatic heterocycles. The monoisotopic (exact) mass is 359 g/mol. The van der Waals surface area contributed by atoms with Crippen LogP contribution in [-0.4, -0.2) is 31.0 Å². The first-order valence-corrected chi connectivity index (χ1v) is 9.20. The van der Waals surface area contributed by atoms with Crippen LogP contribution in [0, 0.1) is 6.92 Å². The number of rotatable bonds is 7. The third-order valence-electron chi connectivity index (χ3n) is 4.54. The molecule has 0 aliphatic rings. The van der Waals surface area contributed by atoms with Crippen molar-refractivity contribution in [1.82, 2.24) is 10.3 Å². The van der Waals surface area contributed by atoms with Crippen LogP contribution < -0.4 is 10.2 Å². The summed E-state index contributed by atoms with van der Waals surface area (Å²) in [5, 5.41) is 2.99. The first kappa shape index (κ1) is 18.6. The maximum absolute atomic E-state index is 12.4. The highest BCUT2D eigenvalue weighted by molar-refractivity contribution is 5.95. The number of para-hydroxylation sites is 1. The maximum atomic E-state index is 12.4. The van der Waals surface area contributed by atoms with E-state index in [4.69, 9.17) is 0 Å². The van der Waals surface area contributed by atoms with Crippen molar-refractivity contribution in [2.45, 2.75) is 13.3 Å². The van der Waals surface area contributed by atoms with Gasteiger partial charge in [-0.1, -0.05) is 48.0 Å². The lowest BCUT2D eigenvalue weighted by atomic mass is 10.0. The van der Waals surface area contributed by atoms with Crippen LogP contribution in [0.15, 0.2) is 73.1 Å². The number of aryl methyl sites for hydroxylation is 1. The summed E-state index contributed by atoms with van der Waals surface area (Å²) in [6.45, 7) is 3.57. The number of carbonyl (C=O) groups is 1. The SMILES string of the molecule is Cc1ccc(-c2cncc(C(=O)NCCCN(C)c3ccccc3)c2)cc1. The number of anilines is 1. The fourth-order valence-electron chi connectivity index (χ4n) is 2.90. The number of amides is 1. The summed E-state index contributed by atoms with van der Waals surface area (Å²) in [5.74, 6) is -0.0844. The quantitative estimate of drug-likeness (QED) is 0.639. The van der Waals surface area contributed by atoms with Crippen LogP contribution in [-0.2, 0) is 0 Å². The number of hydrogen-bond donors (Lipinski definition) is 1. The number of nitrogens with zero attached hydrogens (tertiary/aromatic N) is 2. The molecule has 0 unspecified atom stereocenters. The van der Waals surface area contributed by atoms with E-state index in [0.29, 0.717) is 12.1 Å². The first-order valence-electron chi connectivity index (χ1n) is 9.20. The summed E-state index contributed by atoms with van der Waals surface area (Å²) in [4.78, 5) is 18.9. The smallest absolute Gasteiger partial charge is 0.252 e. The second kappa shape index (κ2) is 8.99. The van der Waals surface area contributed by atoms with Crippen molar-refractivity contribution >= 4 is 11.6 Å². The molecule has 0 atom stereocenters. The highest BCUT2D eigenvalue weighted by Crippen LogP contribution is 2.20. The number of pyridine rings is 1. The van der Waals surface area contributed by atoms with E-state index < -0.39 is 0 Å². The van der Waals surface area contributed by atoms with Crippen LogP contribution in [0.2, 0.25) is 0 Å². The Kier molecular flexibility index (Phi) is 6.21. The molecule has 3 aromatic rings. The lowest BCUT2D eigenvalue weighted by Gasteiger charge is -2.19. The van der Waals surface area contributed by atoms with E-state index in [9.17, 15) is 4.79 Å². The lowest BCUT2D eigenvalue weighted by molar-refractivity contribution is 0.0953. The van der Waals surface area contributed by atoms with Gasteiger partial charge in [0.2, 0.25) is 0 Å². The Balaban J connectivity index is 1.52. The number of aromatic nitrogens is 1. The second-order valence-corrected chi connectivity index (χ2v) is 6.69. The van der Waals surface area contributed by atoms with E-state index >= 15 is 0 Å². The topological polar surface area (TPSA) is 45.2 Å². The Morgan fingerprint density at radius 3 is 2.48 bits per heavy atom. The molecule has 4 heteroatoms. The van der Waals surface area contributed by atoms with Gasteiger partial charge in [-0.3, -0.25) is 9.78 Å². The predicted molar refractivity (Wildman–Crippen MR) is 111 cm³/mol. The molecule has 1 N–H and O–H groups in total. The van der Waals surface area contributed by atoms with Gasteiger partial charge in [-0.2, -0.15) is 0 Å². The van der Waals surface area contributed by atoms with Gasteiger partial charge in [0.15, 0.2) is 0 Å². The molecule has 0 bridgehead atoms. The van der Waals surface area contributed by atoms with E-state index in [-0.39, 0.29) is 5.91 Å². The Hall–Kier alpha value is -3.14. The van der Waals surface area contributed by atoms with Crippen LogP contribution >= 0.6 is 0 Å². The van der Waals surface area contributed by atoms with Crippen molar-refractivity contribution in [1.29, 1.82) is 0 Å². The van der Waals surface area contributed by atoms with Gasteiger partial charge in [-0.05, 0) is 37.1 Å². The third-order valence-corrected chi connectivity index (χ3v) is 4.54. The van der Waals surface area contributed by atoms with E-state index in [2.05, 4.69) is 53.4 Å². The molecule has 0 saturated carbocycles. The maximum Gasteiger partial charge on any atom is 0.252 e. The van der Waals surface area contributed by atoms with E-state index in [0.717, 1.165) is 24.1 Å². The van der Waals surface area contributed by atoms with Crippen LogP contribution in [0.25, 0.3) is 11.1 Å². The van der Waals surface area contributed by atoms with Crippen molar-refractivity contribution < 1.29 is 4.79 Å². The summed E-state index contributed by atoms with van der Waals surface area (Å²) < 4.78 is 0. The highest BCUT2D eigenvalue weighted by Gasteiger charge is 2.08. The second-order valence-electron chi connectivity index (χ2n) is 6.69. The molecule has 3 rings (SSSR count).